The smallest absolute Gasteiger partial charge is 0.259 e. The van der Waals surface area contributed by atoms with Crippen molar-refractivity contribution in [1.29, 1.82) is 0 Å². The Morgan fingerprint density at radius 1 is 1.33 bits per heavy atom. The van der Waals surface area contributed by atoms with Crippen LogP contribution in [0.2, 0.25) is 0 Å². The highest BCUT2D eigenvalue weighted by Crippen LogP contribution is 2.27. The molecule has 2 saturated heterocycles. The molecule has 0 saturated carbocycles. The van der Waals surface area contributed by atoms with E-state index >= 15 is 0 Å². The predicted octanol–water partition coefficient (Wildman–Crippen LogP) is 1.32. The lowest BCUT2D eigenvalue weighted by molar-refractivity contribution is -0.0956. The number of methoxy groups -OCH3 is 1. The number of aromatic nitrogens is 1. The molecule has 0 N–H and O–H groups in total. The van der Waals surface area contributed by atoms with E-state index in [0.29, 0.717) is 43.7 Å². The van der Waals surface area contributed by atoms with Gasteiger partial charge in [-0.2, -0.15) is 0 Å². The van der Waals surface area contributed by atoms with Gasteiger partial charge in [0.25, 0.3) is 5.91 Å². The van der Waals surface area contributed by atoms with Crippen molar-refractivity contribution >= 4 is 5.91 Å². The molecule has 3 rings (SSSR count). The summed E-state index contributed by atoms with van der Waals surface area (Å²) in [6, 6.07) is 3.51. The molecule has 0 radical (unpaired) electrons. The summed E-state index contributed by atoms with van der Waals surface area (Å²) < 4.78 is 16.3. The Bertz CT molecular complexity index is 494. The molecule has 1 aromatic rings. The first kappa shape index (κ1) is 14.3. The number of hydrogen-bond donors (Lipinski definition) is 0. The zero-order chi connectivity index (χ0) is 14.7. The van der Waals surface area contributed by atoms with E-state index in [1.807, 2.05) is 4.90 Å². The van der Waals surface area contributed by atoms with Gasteiger partial charge in [-0.25, -0.2) is 4.98 Å². The summed E-state index contributed by atoms with van der Waals surface area (Å²) in [6.45, 7) is 2.78. The van der Waals surface area contributed by atoms with Crippen molar-refractivity contribution in [2.75, 3.05) is 33.4 Å². The number of likely N-dealkylation sites (tertiary alicyclic amines) is 1. The third-order valence-electron chi connectivity index (χ3n) is 4.05. The molecule has 1 amide bonds. The second-order valence-electron chi connectivity index (χ2n) is 5.30. The molecule has 0 bridgehead atoms. The van der Waals surface area contributed by atoms with E-state index in [4.69, 9.17) is 14.2 Å². The van der Waals surface area contributed by atoms with Gasteiger partial charge >= 0.3 is 0 Å². The van der Waals surface area contributed by atoms with Gasteiger partial charge < -0.3 is 19.1 Å². The van der Waals surface area contributed by atoms with Gasteiger partial charge in [-0.3, -0.25) is 4.79 Å². The van der Waals surface area contributed by atoms with Crippen molar-refractivity contribution < 1.29 is 19.0 Å². The molecule has 6 heteroatoms. The first-order valence-electron chi connectivity index (χ1n) is 7.31. The van der Waals surface area contributed by atoms with Gasteiger partial charge in [0.1, 0.15) is 5.56 Å². The molecular weight excluding hydrogens is 272 g/mol. The molecule has 0 aromatic carbocycles. The molecular formula is C15H20N2O4. The minimum atomic E-state index is -0.0878. The zero-order valence-electron chi connectivity index (χ0n) is 12.2. The molecule has 0 unspecified atom stereocenters. The Kier molecular flexibility index (Phi) is 4.36. The summed E-state index contributed by atoms with van der Waals surface area (Å²) in [4.78, 5) is 18.5. The average molecular weight is 292 g/mol. The zero-order valence-corrected chi connectivity index (χ0v) is 12.2. The Morgan fingerprint density at radius 2 is 2.05 bits per heavy atom. The summed E-state index contributed by atoms with van der Waals surface area (Å²) in [5.41, 5.74) is 0.520. The summed E-state index contributed by atoms with van der Waals surface area (Å²) >= 11 is 0. The van der Waals surface area contributed by atoms with Crippen LogP contribution in [0.5, 0.6) is 5.88 Å². The fourth-order valence-corrected chi connectivity index (χ4v) is 2.91. The lowest BCUT2D eigenvalue weighted by atomic mass is 9.95. The Balaban J connectivity index is 1.62. The van der Waals surface area contributed by atoms with Gasteiger partial charge in [0.05, 0.1) is 20.3 Å². The molecule has 1 aromatic heterocycles. The van der Waals surface area contributed by atoms with Crippen LogP contribution in [0.25, 0.3) is 0 Å². The Hall–Kier alpha value is -1.66. The molecule has 21 heavy (non-hydrogen) atoms. The van der Waals surface area contributed by atoms with E-state index in [-0.39, 0.29) is 12.2 Å². The highest BCUT2D eigenvalue weighted by atomic mass is 16.7. The van der Waals surface area contributed by atoms with E-state index in [2.05, 4.69) is 4.98 Å². The number of piperidine rings is 1. The molecule has 0 spiro atoms. The van der Waals surface area contributed by atoms with Crippen LogP contribution >= 0.6 is 0 Å². The van der Waals surface area contributed by atoms with Crippen LogP contribution in [0.3, 0.4) is 0 Å². The maximum atomic E-state index is 12.6. The first-order valence-corrected chi connectivity index (χ1v) is 7.31. The number of amides is 1. The molecule has 2 aliphatic rings. The standard InChI is InChI=1S/C15H20N2O4/c1-19-13-12(3-2-6-16-13)14(18)17-7-4-11(5-8-17)15-20-9-10-21-15/h2-3,6,11,15H,4-5,7-10H2,1H3. The topological polar surface area (TPSA) is 60.9 Å². The van der Waals surface area contributed by atoms with Crippen molar-refractivity contribution in [3.63, 3.8) is 0 Å². The third kappa shape index (κ3) is 3.01. The lowest BCUT2D eigenvalue weighted by Gasteiger charge is -2.34. The maximum Gasteiger partial charge on any atom is 0.259 e. The van der Waals surface area contributed by atoms with Gasteiger partial charge in [0.15, 0.2) is 6.29 Å². The Labute approximate surface area is 124 Å². The van der Waals surface area contributed by atoms with Gasteiger partial charge in [-0.1, -0.05) is 0 Å². The number of ether oxygens (including phenoxy) is 3. The van der Waals surface area contributed by atoms with Crippen LogP contribution in [-0.2, 0) is 9.47 Å². The average Bonchev–Trinajstić information content (AvgIpc) is 3.09. The summed E-state index contributed by atoms with van der Waals surface area (Å²) in [5.74, 6) is 0.742. The summed E-state index contributed by atoms with van der Waals surface area (Å²) in [5, 5.41) is 0. The minimum Gasteiger partial charge on any atom is -0.480 e. The number of carbonyl (C=O) groups excluding carboxylic acids is 1. The van der Waals surface area contributed by atoms with Crippen molar-refractivity contribution in [3.05, 3.63) is 23.9 Å². The highest BCUT2D eigenvalue weighted by Gasteiger charge is 2.32. The number of carbonyl (C=O) groups is 1. The fourth-order valence-electron chi connectivity index (χ4n) is 2.91. The molecule has 2 aliphatic heterocycles. The van der Waals surface area contributed by atoms with E-state index in [1.165, 1.54) is 7.11 Å². The third-order valence-corrected chi connectivity index (χ3v) is 4.05. The maximum absolute atomic E-state index is 12.6. The first-order chi connectivity index (χ1) is 10.3. The van der Waals surface area contributed by atoms with Gasteiger partial charge in [-0.15, -0.1) is 0 Å². The number of pyridine rings is 1. The van der Waals surface area contributed by atoms with Gasteiger partial charge in [-0.05, 0) is 25.0 Å². The van der Waals surface area contributed by atoms with Gasteiger partial charge in [0, 0.05) is 25.2 Å². The predicted molar refractivity (Wildman–Crippen MR) is 75.1 cm³/mol. The molecule has 2 fully saturated rings. The van der Waals surface area contributed by atoms with Gasteiger partial charge in [0.2, 0.25) is 5.88 Å². The van der Waals surface area contributed by atoms with Crippen molar-refractivity contribution in [3.8, 4) is 5.88 Å². The minimum absolute atomic E-state index is 0.0216. The van der Waals surface area contributed by atoms with Crippen LogP contribution in [0.1, 0.15) is 23.2 Å². The molecule has 3 heterocycles. The Morgan fingerprint density at radius 3 is 2.71 bits per heavy atom. The van der Waals surface area contributed by atoms with Crippen molar-refractivity contribution in [1.82, 2.24) is 9.88 Å². The molecule has 0 aliphatic carbocycles. The van der Waals surface area contributed by atoms with E-state index in [0.717, 1.165) is 12.8 Å². The van der Waals surface area contributed by atoms with Crippen LogP contribution in [0.4, 0.5) is 0 Å². The second-order valence-corrected chi connectivity index (χ2v) is 5.30. The second kappa shape index (κ2) is 6.41. The van der Waals surface area contributed by atoms with Crippen LogP contribution in [-0.4, -0.2) is 55.5 Å². The number of rotatable bonds is 3. The van der Waals surface area contributed by atoms with Crippen LogP contribution < -0.4 is 4.74 Å². The number of hydrogen-bond acceptors (Lipinski definition) is 5. The SMILES string of the molecule is COc1ncccc1C(=O)N1CCC(C2OCCO2)CC1. The monoisotopic (exact) mass is 292 g/mol. The van der Waals surface area contributed by atoms with Crippen molar-refractivity contribution in [2.45, 2.75) is 19.1 Å². The molecule has 0 atom stereocenters. The normalized spacial score (nSPS) is 20.7. The van der Waals surface area contributed by atoms with E-state index < -0.39 is 0 Å². The fraction of sp³-hybridized carbons (Fsp3) is 0.600. The quantitative estimate of drug-likeness (QED) is 0.841. The molecule has 6 nitrogen and oxygen atoms in total. The van der Waals surface area contributed by atoms with Crippen LogP contribution in [0, 0.1) is 5.92 Å². The largest absolute Gasteiger partial charge is 0.480 e. The molecule has 114 valence electrons. The van der Waals surface area contributed by atoms with Crippen molar-refractivity contribution in [2.24, 2.45) is 5.92 Å². The van der Waals surface area contributed by atoms with E-state index in [1.54, 1.807) is 18.3 Å². The lowest BCUT2D eigenvalue weighted by Crippen LogP contribution is -2.41. The van der Waals surface area contributed by atoms with E-state index in [9.17, 15) is 4.79 Å². The summed E-state index contributed by atoms with van der Waals surface area (Å²) in [6.07, 6.45) is 3.34. The summed E-state index contributed by atoms with van der Waals surface area (Å²) in [7, 11) is 1.53. The number of nitrogens with zero attached hydrogens (tertiary/aromatic N) is 2. The highest BCUT2D eigenvalue weighted by molar-refractivity contribution is 5.96. The van der Waals surface area contributed by atoms with Crippen LogP contribution in [0.15, 0.2) is 18.3 Å².